The van der Waals surface area contributed by atoms with E-state index in [1.807, 2.05) is 0 Å². The van der Waals surface area contributed by atoms with Crippen LogP contribution >= 0.6 is 0 Å². The molecule has 0 aliphatic carbocycles. The SMILES string of the molecule is NNC(Cc1cccnc1N)c1ccc(F)cc1F. The van der Waals surface area contributed by atoms with Crippen molar-refractivity contribution in [3.63, 3.8) is 0 Å². The lowest BCUT2D eigenvalue weighted by Crippen LogP contribution is -2.30. The number of nitrogen functional groups attached to an aromatic ring is 1. The molecule has 0 fully saturated rings. The zero-order valence-electron chi connectivity index (χ0n) is 10.1. The molecule has 2 aromatic rings. The predicted molar refractivity (Wildman–Crippen MR) is 68.8 cm³/mol. The van der Waals surface area contributed by atoms with Crippen LogP contribution in [0.25, 0.3) is 0 Å². The molecule has 1 aromatic heterocycles. The molecule has 1 aromatic carbocycles. The van der Waals surface area contributed by atoms with Crippen LogP contribution in [0.5, 0.6) is 0 Å². The van der Waals surface area contributed by atoms with E-state index in [4.69, 9.17) is 11.6 Å². The molecule has 0 saturated carbocycles. The lowest BCUT2D eigenvalue weighted by molar-refractivity contribution is 0.502. The van der Waals surface area contributed by atoms with Crippen molar-refractivity contribution in [3.05, 3.63) is 59.3 Å². The van der Waals surface area contributed by atoms with E-state index in [2.05, 4.69) is 10.4 Å². The van der Waals surface area contributed by atoms with E-state index in [1.54, 1.807) is 18.3 Å². The Morgan fingerprint density at radius 3 is 2.68 bits per heavy atom. The van der Waals surface area contributed by atoms with Gasteiger partial charge in [-0.2, -0.15) is 0 Å². The summed E-state index contributed by atoms with van der Waals surface area (Å²) in [6, 6.07) is 6.39. The minimum absolute atomic E-state index is 0.284. The Labute approximate surface area is 109 Å². The molecule has 4 nitrogen and oxygen atoms in total. The van der Waals surface area contributed by atoms with Gasteiger partial charge in [0.25, 0.3) is 0 Å². The van der Waals surface area contributed by atoms with Crippen LogP contribution in [-0.2, 0) is 6.42 Å². The Hall–Kier alpha value is -2.05. The Balaban J connectivity index is 2.28. The molecule has 0 amide bonds. The van der Waals surface area contributed by atoms with E-state index in [0.29, 0.717) is 12.2 Å². The summed E-state index contributed by atoms with van der Waals surface area (Å²) in [6.45, 7) is 0. The van der Waals surface area contributed by atoms with Crippen LogP contribution in [0.2, 0.25) is 0 Å². The molecule has 0 bridgehead atoms. The first-order chi connectivity index (χ1) is 9.11. The van der Waals surface area contributed by atoms with Crippen molar-refractivity contribution in [1.29, 1.82) is 0 Å². The minimum atomic E-state index is -0.648. The predicted octanol–water partition coefficient (Wildman–Crippen LogP) is 1.69. The third kappa shape index (κ3) is 3.04. The Kier molecular flexibility index (Phi) is 4.03. The van der Waals surface area contributed by atoms with Crippen molar-refractivity contribution in [2.75, 3.05) is 5.73 Å². The van der Waals surface area contributed by atoms with Crippen molar-refractivity contribution in [1.82, 2.24) is 10.4 Å². The molecule has 19 heavy (non-hydrogen) atoms. The van der Waals surface area contributed by atoms with Gasteiger partial charge in [0.05, 0.1) is 6.04 Å². The van der Waals surface area contributed by atoms with Crippen LogP contribution in [0.3, 0.4) is 0 Å². The monoisotopic (exact) mass is 264 g/mol. The molecule has 0 radical (unpaired) electrons. The fraction of sp³-hybridized carbons (Fsp3) is 0.154. The first-order valence-corrected chi connectivity index (χ1v) is 5.72. The number of rotatable bonds is 4. The summed E-state index contributed by atoms with van der Waals surface area (Å²) in [5, 5.41) is 0. The number of halogens is 2. The summed E-state index contributed by atoms with van der Waals surface area (Å²) >= 11 is 0. The second kappa shape index (κ2) is 5.73. The molecule has 1 atom stereocenters. The summed E-state index contributed by atoms with van der Waals surface area (Å²) < 4.78 is 26.6. The van der Waals surface area contributed by atoms with Gasteiger partial charge in [-0.05, 0) is 24.1 Å². The second-order valence-corrected chi connectivity index (χ2v) is 4.14. The zero-order valence-corrected chi connectivity index (χ0v) is 10.1. The van der Waals surface area contributed by atoms with E-state index in [0.717, 1.165) is 11.6 Å². The summed E-state index contributed by atoms with van der Waals surface area (Å²) in [7, 11) is 0. The van der Waals surface area contributed by atoms with Gasteiger partial charge < -0.3 is 5.73 Å². The molecule has 100 valence electrons. The molecule has 6 heteroatoms. The fourth-order valence-corrected chi connectivity index (χ4v) is 1.89. The quantitative estimate of drug-likeness (QED) is 0.580. The van der Waals surface area contributed by atoms with Crippen molar-refractivity contribution in [2.45, 2.75) is 12.5 Å². The van der Waals surface area contributed by atoms with E-state index in [9.17, 15) is 8.78 Å². The molecular formula is C13H14F2N4. The highest BCUT2D eigenvalue weighted by Crippen LogP contribution is 2.23. The summed E-state index contributed by atoms with van der Waals surface area (Å²) in [5.41, 5.74) is 9.27. The average molecular weight is 264 g/mol. The highest BCUT2D eigenvalue weighted by molar-refractivity contribution is 5.40. The number of nitrogens with two attached hydrogens (primary N) is 2. The number of anilines is 1. The zero-order chi connectivity index (χ0) is 13.8. The number of hydrogen-bond acceptors (Lipinski definition) is 4. The highest BCUT2D eigenvalue weighted by atomic mass is 19.1. The van der Waals surface area contributed by atoms with Crippen LogP contribution in [-0.4, -0.2) is 4.98 Å². The Bertz CT molecular complexity index is 574. The van der Waals surface area contributed by atoms with E-state index in [1.165, 1.54) is 12.1 Å². The molecule has 0 saturated heterocycles. The first kappa shape index (κ1) is 13.4. The van der Waals surface area contributed by atoms with Gasteiger partial charge in [-0.25, -0.2) is 13.8 Å². The van der Waals surface area contributed by atoms with Crippen LogP contribution < -0.4 is 17.0 Å². The lowest BCUT2D eigenvalue weighted by atomic mass is 9.99. The lowest BCUT2D eigenvalue weighted by Gasteiger charge is -2.17. The van der Waals surface area contributed by atoms with Gasteiger partial charge in [-0.15, -0.1) is 0 Å². The minimum Gasteiger partial charge on any atom is -0.383 e. The number of hydrogen-bond donors (Lipinski definition) is 3. The maximum Gasteiger partial charge on any atom is 0.130 e. The van der Waals surface area contributed by atoms with Gasteiger partial charge in [-0.1, -0.05) is 12.1 Å². The van der Waals surface area contributed by atoms with Crippen molar-refractivity contribution < 1.29 is 8.78 Å². The third-order valence-electron chi connectivity index (χ3n) is 2.89. The molecular weight excluding hydrogens is 250 g/mol. The molecule has 2 rings (SSSR count). The molecule has 1 unspecified atom stereocenters. The topological polar surface area (TPSA) is 77.0 Å². The maximum atomic E-state index is 13.7. The van der Waals surface area contributed by atoms with Gasteiger partial charge in [0.1, 0.15) is 17.5 Å². The van der Waals surface area contributed by atoms with E-state index < -0.39 is 17.7 Å². The van der Waals surface area contributed by atoms with Crippen LogP contribution in [0.4, 0.5) is 14.6 Å². The van der Waals surface area contributed by atoms with Gasteiger partial charge in [0, 0.05) is 17.8 Å². The molecule has 0 spiro atoms. The number of pyridine rings is 1. The molecule has 0 aliphatic heterocycles. The Morgan fingerprint density at radius 1 is 1.26 bits per heavy atom. The number of nitrogens with zero attached hydrogens (tertiary/aromatic N) is 1. The van der Waals surface area contributed by atoms with Crippen LogP contribution in [0.15, 0.2) is 36.5 Å². The Morgan fingerprint density at radius 2 is 2.05 bits per heavy atom. The fourth-order valence-electron chi connectivity index (χ4n) is 1.89. The van der Waals surface area contributed by atoms with Gasteiger partial charge in [0.2, 0.25) is 0 Å². The third-order valence-corrected chi connectivity index (χ3v) is 2.89. The van der Waals surface area contributed by atoms with Crippen LogP contribution in [0.1, 0.15) is 17.2 Å². The van der Waals surface area contributed by atoms with Crippen LogP contribution in [0, 0.1) is 11.6 Å². The second-order valence-electron chi connectivity index (χ2n) is 4.14. The average Bonchev–Trinajstić information content (AvgIpc) is 2.39. The van der Waals surface area contributed by atoms with Gasteiger partial charge in [0.15, 0.2) is 0 Å². The van der Waals surface area contributed by atoms with E-state index in [-0.39, 0.29) is 5.56 Å². The van der Waals surface area contributed by atoms with Gasteiger partial charge >= 0.3 is 0 Å². The molecule has 5 N–H and O–H groups in total. The number of benzene rings is 1. The largest absolute Gasteiger partial charge is 0.383 e. The van der Waals surface area contributed by atoms with Crippen molar-refractivity contribution >= 4 is 5.82 Å². The normalized spacial score (nSPS) is 12.4. The van der Waals surface area contributed by atoms with E-state index >= 15 is 0 Å². The van der Waals surface area contributed by atoms with Crippen molar-refractivity contribution in [2.24, 2.45) is 5.84 Å². The number of nitrogens with one attached hydrogen (secondary N) is 1. The number of aromatic nitrogens is 1. The smallest absolute Gasteiger partial charge is 0.130 e. The maximum absolute atomic E-state index is 13.7. The molecule has 0 aliphatic rings. The standard InChI is InChI=1S/C13H14F2N4/c14-9-3-4-10(11(15)7-9)12(19-17)6-8-2-1-5-18-13(8)16/h1-5,7,12,19H,6,17H2,(H2,16,18). The highest BCUT2D eigenvalue weighted by Gasteiger charge is 2.16. The summed E-state index contributed by atoms with van der Waals surface area (Å²) in [6.07, 6.45) is 1.93. The van der Waals surface area contributed by atoms with Gasteiger partial charge in [-0.3, -0.25) is 11.3 Å². The number of hydrazine groups is 1. The molecule has 1 heterocycles. The summed E-state index contributed by atoms with van der Waals surface area (Å²) in [5.74, 6) is 4.53. The summed E-state index contributed by atoms with van der Waals surface area (Å²) in [4.78, 5) is 3.95. The van der Waals surface area contributed by atoms with Crippen molar-refractivity contribution in [3.8, 4) is 0 Å². The first-order valence-electron chi connectivity index (χ1n) is 5.72.